The van der Waals surface area contributed by atoms with Gasteiger partial charge in [0.25, 0.3) is 24.0 Å². The molecule has 13 nitrogen and oxygen atoms in total. The highest BCUT2D eigenvalue weighted by atomic mass is 32.2. The summed E-state index contributed by atoms with van der Waals surface area (Å²) in [6.45, 7) is 0.488. The van der Waals surface area contributed by atoms with E-state index in [2.05, 4.69) is 19.9 Å². The van der Waals surface area contributed by atoms with Crippen LogP contribution in [-0.2, 0) is 23.9 Å². The van der Waals surface area contributed by atoms with Gasteiger partial charge in [0.05, 0.1) is 63.7 Å². The van der Waals surface area contributed by atoms with E-state index < -0.39 is 29.3 Å². The second-order valence-corrected chi connectivity index (χ2v) is 14.4. The van der Waals surface area contributed by atoms with Crippen LogP contribution in [0.2, 0.25) is 0 Å². The second kappa shape index (κ2) is 21.3. The average Bonchev–Trinajstić information content (AvgIpc) is 3.24. The lowest BCUT2D eigenvalue weighted by Crippen LogP contribution is -2.19. The van der Waals surface area contributed by atoms with Crippen molar-refractivity contribution in [2.24, 2.45) is 0 Å². The van der Waals surface area contributed by atoms with E-state index in [1.165, 1.54) is 78.9 Å². The molecule has 6 rings (SSSR count). The van der Waals surface area contributed by atoms with Crippen molar-refractivity contribution in [3.63, 3.8) is 0 Å². The number of rotatable bonds is 14. The summed E-state index contributed by atoms with van der Waals surface area (Å²) in [5.41, 5.74) is 1.68. The van der Waals surface area contributed by atoms with Gasteiger partial charge in [-0.2, -0.15) is 0 Å². The van der Waals surface area contributed by atoms with Crippen molar-refractivity contribution in [1.29, 1.82) is 0 Å². The smallest absolute Gasteiger partial charge is 0.280 e. The SMILES string of the molecule is C.COc1ccc(Cn2cc(-c3cc(C(F)F)nc(S(C)=O)n3)ccc2=O)cc1OC.COc1ccc(Cn2cc(-c3cc(C(F)F)nc(SC)n3)ccc2=O)cc1OC. The molecule has 1 atom stereocenters. The predicted octanol–water partition coefficient (Wildman–Crippen LogP) is 7.71. The molecule has 0 aliphatic rings. The van der Waals surface area contributed by atoms with Crippen LogP contribution in [0.25, 0.3) is 22.5 Å². The highest BCUT2D eigenvalue weighted by molar-refractivity contribution is 7.98. The Morgan fingerprint density at radius 3 is 1.45 bits per heavy atom. The molecule has 0 bridgehead atoms. The highest BCUT2D eigenvalue weighted by Crippen LogP contribution is 2.30. The highest BCUT2D eigenvalue weighted by Gasteiger charge is 2.18. The van der Waals surface area contributed by atoms with Gasteiger partial charge in [0.1, 0.15) is 11.4 Å². The van der Waals surface area contributed by atoms with Crippen LogP contribution in [0.4, 0.5) is 17.6 Å². The van der Waals surface area contributed by atoms with E-state index >= 15 is 0 Å². The molecule has 60 heavy (non-hydrogen) atoms. The van der Waals surface area contributed by atoms with E-state index in [1.54, 1.807) is 56.0 Å². The standard InChI is InChI=1S/C20H19F2N3O4S.C20H19F2N3O3S.CH4/c1-28-16-6-4-12(8-17(16)29-2)10-25-11-13(5-7-18(25)26)14-9-15(19(21)22)24-20(23-14)30(3)27;1-27-16-6-4-12(8-17(16)28-2)10-25-11-13(5-7-18(25)26)14-9-15(19(21)22)24-20(23-14)29-3;/h4-9,11,19H,10H2,1-3H3;4-9,11,19H,10H2,1-3H3;1H4. The van der Waals surface area contributed by atoms with E-state index in [9.17, 15) is 31.4 Å². The van der Waals surface area contributed by atoms with Gasteiger partial charge in [-0.25, -0.2) is 37.5 Å². The number of alkyl halides is 4. The molecule has 0 fully saturated rings. The molecule has 2 aromatic carbocycles. The van der Waals surface area contributed by atoms with Gasteiger partial charge in [0, 0.05) is 41.9 Å². The van der Waals surface area contributed by atoms with E-state index in [0.717, 1.165) is 17.2 Å². The van der Waals surface area contributed by atoms with Crippen molar-refractivity contribution in [1.82, 2.24) is 29.1 Å². The van der Waals surface area contributed by atoms with Gasteiger partial charge in [-0.05, 0) is 65.9 Å². The van der Waals surface area contributed by atoms with Crippen molar-refractivity contribution in [2.75, 3.05) is 41.0 Å². The lowest BCUT2D eigenvalue weighted by atomic mass is 10.1. The number of hydrogen-bond acceptors (Lipinski definition) is 12. The molecule has 0 aliphatic heterocycles. The van der Waals surface area contributed by atoms with Crippen LogP contribution in [0.5, 0.6) is 23.0 Å². The summed E-state index contributed by atoms with van der Waals surface area (Å²) in [5.74, 6) is 2.22. The molecule has 0 aliphatic carbocycles. The number of benzene rings is 2. The summed E-state index contributed by atoms with van der Waals surface area (Å²) >= 11 is 1.18. The van der Waals surface area contributed by atoms with E-state index in [4.69, 9.17) is 18.9 Å². The van der Waals surface area contributed by atoms with Crippen LogP contribution in [0.3, 0.4) is 0 Å². The lowest BCUT2D eigenvalue weighted by Gasteiger charge is -2.12. The quantitative estimate of drug-likeness (QED) is 0.0600. The largest absolute Gasteiger partial charge is 0.493 e. The third-order valence-electron chi connectivity index (χ3n) is 8.50. The average molecular weight is 871 g/mol. The third-order valence-corrected chi connectivity index (χ3v) is 9.74. The first-order valence-electron chi connectivity index (χ1n) is 17.3. The molecule has 0 saturated heterocycles. The fourth-order valence-corrected chi connectivity index (χ4v) is 6.44. The molecule has 318 valence electrons. The zero-order chi connectivity index (χ0) is 42.8. The number of methoxy groups -OCH3 is 4. The van der Waals surface area contributed by atoms with Gasteiger partial charge in [0.2, 0.25) is 5.16 Å². The number of hydrogen-bond donors (Lipinski definition) is 0. The van der Waals surface area contributed by atoms with Crippen LogP contribution in [0, 0.1) is 0 Å². The van der Waals surface area contributed by atoms with Crippen molar-refractivity contribution >= 4 is 22.6 Å². The monoisotopic (exact) mass is 870 g/mol. The first-order chi connectivity index (χ1) is 28.3. The predicted molar refractivity (Wildman–Crippen MR) is 222 cm³/mol. The van der Waals surface area contributed by atoms with Crippen LogP contribution >= 0.6 is 11.8 Å². The van der Waals surface area contributed by atoms with Gasteiger partial charge in [-0.3, -0.25) is 13.8 Å². The van der Waals surface area contributed by atoms with Gasteiger partial charge in [-0.15, -0.1) is 0 Å². The van der Waals surface area contributed by atoms with Crippen LogP contribution in [0.15, 0.2) is 105 Å². The zero-order valence-corrected chi connectivity index (χ0v) is 34.2. The molecule has 1 unspecified atom stereocenters. The first kappa shape index (κ1) is 46.6. The number of thioether (sulfide) groups is 1. The summed E-state index contributed by atoms with van der Waals surface area (Å²) < 4.78 is 88.4. The van der Waals surface area contributed by atoms with Crippen LogP contribution in [-0.4, -0.2) is 74.2 Å². The Balaban J connectivity index is 0.000000260. The first-order valence-corrected chi connectivity index (χ1v) is 20.1. The maximum Gasteiger partial charge on any atom is 0.280 e. The molecule has 0 saturated carbocycles. The summed E-state index contributed by atoms with van der Waals surface area (Å²) in [7, 11) is 4.48. The molecule has 19 heteroatoms. The summed E-state index contributed by atoms with van der Waals surface area (Å²) in [4.78, 5) is 40.6. The minimum absolute atomic E-state index is 0. The number of halogens is 4. The second-order valence-electron chi connectivity index (χ2n) is 12.3. The molecule has 0 amide bonds. The number of pyridine rings is 2. The molecular weight excluding hydrogens is 829 g/mol. The molecule has 0 radical (unpaired) electrons. The number of nitrogens with zero attached hydrogens (tertiary/aromatic N) is 6. The van der Waals surface area contributed by atoms with Crippen molar-refractivity contribution in [3.05, 3.63) is 128 Å². The summed E-state index contributed by atoms with van der Waals surface area (Å²) in [6.07, 6.45) is 0.588. The Morgan fingerprint density at radius 2 is 1.05 bits per heavy atom. The molecule has 0 spiro atoms. The maximum atomic E-state index is 13.2. The van der Waals surface area contributed by atoms with Gasteiger partial charge in [0.15, 0.2) is 28.2 Å². The Kier molecular flexibility index (Phi) is 16.5. The zero-order valence-electron chi connectivity index (χ0n) is 32.5. The number of aromatic nitrogens is 6. The molecule has 6 aromatic rings. The number of ether oxygens (including phenoxy) is 4. The van der Waals surface area contributed by atoms with Crippen LogP contribution < -0.4 is 30.1 Å². The van der Waals surface area contributed by atoms with E-state index in [1.807, 2.05) is 6.07 Å². The fraction of sp³-hybridized carbons (Fsp3) is 0.268. The Morgan fingerprint density at radius 1 is 0.617 bits per heavy atom. The lowest BCUT2D eigenvalue weighted by molar-refractivity contribution is 0.144. The Labute approximate surface area is 349 Å². The van der Waals surface area contributed by atoms with Crippen molar-refractivity contribution in [2.45, 2.75) is 43.7 Å². The van der Waals surface area contributed by atoms with Gasteiger partial charge < -0.3 is 28.1 Å². The van der Waals surface area contributed by atoms with E-state index in [0.29, 0.717) is 39.8 Å². The molecule has 4 aromatic heterocycles. The minimum atomic E-state index is -2.84. The topological polar surface area (TPSA) is 150 Å². The van der Waals surface area contributed by atoms with Crippen molar-refractivity contribution in [3.8, 4) is 45.5 Å². The Bertz CT molecular complexity index is 2580. The Hall–Kier alpha value is -6.08. The van der Waals surface area contributed by atoms with Gasteiger partial charge in [-0.1, -0.05) is 31.3 Å². The fourth-order valence-electron chi connectivity index (χ4n) is 5.59. The molecule has 4 heterocycles. The summed E-state index contributed by atoms with van der Waals surface area (Å²) in [5, 5.41) is 0.0517. The minimum Gasteiger partial charge on any atom is -0.493 e. The van der Waals surface area contributed by atoms with Crippen LogP contribution in [0.1, 0.15) is 42.8 Å². The maximum absolute atomic E-state index is 13.2. The third kappa shape index (κ3) is 11.6. The molecule has 0 N–H and O–H groups in total. The van der Waals surface area contributed by atoms with E-state index in [-0.39, 0.29) is 53.3 Å². The summed E-state index contributed by atoms with van der Waals surface area (Å²) in [6, 6.07) is 18.7. The normalized spacial score (nSPS) is 11.3. The van der Waals surface area contributed by atoms with Crippen molar-refractivity contribution < 1.29 is 40.7 Å². The van der Waals surface area contributed by atoms with Gasteiger partial charge >= 0.3 is 0 Å². The molecular formula is C41H42F4N6O7S2.